The number of para-hydroxylation sites is 5. The van der Waals surface area contributed by atoms with Crippen LogP contribution < -0.4 is 31.1 Å². The van der Waals surface area contributed by atoms with Gasteiger partial charge in [0.15, 0.2) is 0 Å². The molecule has 0 amide bonds. The van der Waals surface area contributed by atoms with Crippen molar-refractivity contribution in [2.75, 3.05) is 27.8 Å². The smallest absolute Gasteiger partial charge is 0.252 e. The predicted octanol–water partition coefficient (Wildman–Crippen LogP) is 17.1. The van der Waals surface area contributed by atoms with E-state index < -0.39 is 5.41 Å². The summed E-state index contributed by atoms with van der Waals surface area (Å²) in [4.78, 5) is 7.94. The second kappa shape index (κ2) is 17.5. The number of hydrogen-bond acceptors (Lipinski definition) is 3. The Labute approximate surface area is 478 Å². The maximum atomic E-state index is 2.69. The largest absolute Gasteiger partial charge is 0.371 e. The lowest BCUT2D eigenvalue weighted by atomic mass is 9.33. The molecular weight excluding hydrogens is 992 g/mol. The van der Waals surface area contributed by atoms with Crippen LogP contribution in [0.15, 0.2) is 273 Å². The normalized spacial score (nSPS) is 15.8. The van der Waals surface area contributed by atoms with Gasteiger partial charge in [-0.05, 0) is 146 Å². The number of anilines is 7. The Morgan fingerprint density at radius 1 is 0.305 bits per heavy atom. The molecule has 3 aliphatic heterocycles. The lowest BCUT2D eigenvalue weighted by molar-refractivity contribution is 0.792. The summed E-state index contributed by atoms with van der Waals surface area (Å²) in [5, 5.41) is 2.53. The molecule has 1 spiro atoms. The zero-order valence-corrected chi connectivity index (χ0v) is 45.2. The summed E-state index contributed by atoms with van der Waals surface area (Å²) in [6.07, 6.45) is 2.36. The molecule has 1 fully saturated rings. The van der Waals surface area contributed by atoms with E-state index in [2.05, 4.69) is 292 Å². The monoisotopic (exact) mass is 1040 g/mol. The van der Waals surface area contributed by atoms with E-state index in [-0.39, 0.29) is 6.71 Å². The van der Waals surface area contributed by atoms with E-state index in [0.29, 0.717) is 0 Å². The van der Waals surface area contributed by atoms with Crippen molar-refractivity contribution >= 4 is 84.7 Å². The van der Waals surface area contributed by atoms with Crippen LogP contribution >= 0.6 is 0 Å². The third kappa shape index (κ3) is 6.23. The quantitative estimate of drug-likeness (QED) is 0.154. The Kier molecular flexibility index (Phi) is 9.73. The molecule has 1 atom stereocenters. The Morgan fingerprint density at radius 2 is 0.780 bits per heavy atom. The van der Waals surface area contributed by atoms with Gasteiger partial charge in [-0.3, -0.25) is 0 Å². The van der Waals surface area contributed by atoms with Gasteiger partial charge >= 0.3 is 0 Å². The maximum absolute atomic E-state index is 2.69. The summed E-state index contributed by atoms with van der Waals surface area (Å²) < 4.78 is 2.49. The molecule has 1 saturated heterocycles. The Hall–Kier alpha value is -10.1. The molecule has 13 aromatic rings. The maximum Gasteiger partial charge on any atom is 0.252 e. The molecule has 18 rings (SSSR count). The van der Waals surface area contributed by atoms with Crippen LogP contribution in [-0.4, -0.2) is 24.4 Å². The van der Waals surface area contributed by atoms with Crippen LogP contribution in [0.4, 0.5) is 39.8 Å². The zero-order valence-electron chi connectivity index (χ0n) is 45.2. The van der Waals surface area contributed by atoms with Crippen molar-refractivity contribution in [2.24, 2.45) is 0 Å². The van der Waals surface area contributed by atoms with Crippen LogP contribution in [0.1, 0.15) is 35.1 Å². The highest BCUT2D eigenvalue weighted by atomic mass is 15.2. The van der Waals surface area contributed by atoms with Crippen molar-refractivity contribution in [3.05, 3.63) is 295 Å². The lowest BCUT2D eigenvalue weighted by Gasteiger charge is -2.46. The molecule has 0 saturated carbocycles. The average Bonchev–Trinajstić information content (AvgIpc) is 1.70. The fraction of sp³-hybridized carbons (Fsp3) is 0.0649. The number of fused-ring (bicyclic) bond motifs is 17. The second-order valence-electron chi connectivity index (χ2n) is 22.9. The summed E-state index contributed by atoms with van der Waals surface area (Å²) in [5.74, 6) is 0. The highest BCUT2D eigenvalue weighted by Gasteiger charge is 2.54. The standard InChI is InChI=1S/C77H53BN4/c1-3-23-50(24-4-1)54-27-9-16-36-68(54)81-72-40-20-15-35-66(72)78-67-48-61-57-30-8-14-34-63(57)77(62-33-13-7-29-56(62)58-42-41-52(45-64(58)77)80-70-38-18-11-31-59(70)60-32-12-19-39-71(60)80)65(61)49-73(67)82(69-37-17-10-28-55(69)51-25-5-2-6-26-51)75-47-53(46-74(81)76(75)78)79-43-21-22-44-79/h1-20,23-42,45-49H,21-22,43-44H2. The molecule has 82 heavy (non-hydrogen) atoms. The summed E-state index contributed by atoms with van der Waals surface area (Å²) in [6.45, 7) is 1.97. The van der Waals surface area contributed by atoms with Crippen molar-refractivity contribution < 1.29 is 0 Å². The molecule has 384 valence electrons. The molecule has 4 heterocycles. The van der Waals surface area contributed by atoms with E-state index in [1.807, 2.05) is 0 Å². The first-order valence-electron chi connectivity index (χ1n) is 29.1. The number of aromatic nitrogens is 1. The topological polar surface area (TPSA) is 14.7 Å². The van der Waals surface area contributed by atoms with Gasteiger partial charge in [-0.25, -0.2) is 0 Å². The minimum Gasteiger partial charge on any atom is -0.371 e. The van der Waals surface area contributed by atoms with Crippen LogP contribution in [-0.2, 0) is 5.41 Å². The zero-order chi connectivity index (χ0) is 53.6. The molecular formula is C77H53BN4. The van der Waals surface area contributed by atoms with Crippen LogP contribution in [0, 0.1) is 0 Å². The molecule has 0 bridgehead atoms. The SMILES string of the molecule is c1ccc(-c2ccccc2N2c3ccccc3B3c4cc5c(cc4N(c4ccccc4-c4ccccc4)c4cc(N6CCCC6)cc2c43)C2(c3ccccc3-c3ccc(-n4c6ccccc6c6ccccc64)cc32)c2ccccc2-5)cc1. The third-order valence-corrected chi connectivity index (χ3v) is 18.9. The highest BCUT2D eigenvalue weighted by Crippen LogP contribution is 2.64. The number of nitrogens with zero attached hydrogens (tertiary/aromatic N) is 4. The number of benzene rings is 12. The molecule has 4 nitrogen and oxygen atoms in total. The van der Waals surface area contributed by atoms with Gasteiger partial charge in [0, 0.05) is 69.1 Å². The van der Waals surface area contributed by atoms with Gasteiger partial charge in [-0.15, -0.1) is 0 Å². The van der Waals surface area contributed by atoms with Crippen molar-refractivity contribution in [1.29, 1.82) is 0 Å². The summed E-state index contributed by atoms with van der Waals surface area (Å²) in [6, 6.07) is 104. The van der Waals surface area contributed by atoms with Gasteiger partial charge in [-0.1, -0.05) is 212 Å². The van der Waals surface area contributed by atoms with Gasteiger partial charge in [-0.2, -0.15) is 0 Å². The molecule has 5 heteroatoms. The Morgan fingerprint density at radius 3 is 1.40 bits per heavy atom. The van der Waals surface area contributed by atoms with Crippen LogP contribution in [0.5, 0.6) is 0 Å². The van der Waals surface area contributed by atoms with E-state index in [0.717, 1.165) is 18.8 Å². The fourth-order valence-corrected chi connectivity index (χ4v) is 15.6. The Bertz CT molecular complexity index is 4750. The van der Waals surface area contributed by atoms with E-state index >= 15 is 0 Å². The van der Waals surface area contributed by atoms with Gasteiger partial charge in [0.25, 0.3) is 6.71 Å². The predicted molar refractivity (Wildman–Crippen MR) is 343 cm³/mol. The van der Waals surface area contributed by atoms with Gasteiger partial charge in [0.2, 0.25) is 0 Å². The van der Waals surface area contributed by atoms with Gasteiger partial charge < -0.3 is 19.3 Å². The van der Waals surface area contributed by atoms with Crippen molar-refractivity contribution in [1.82, 2.24) is 4.57 Å². The highest BCUT2D eigenvalue weighted by molar-refractivity contribution is 7.00. The van der Waals surface area contributed by atoms with E-state index in [9.17, 15) is 0 Å². The van der Waals surface area contributed by atoms with Gasteiger partial charge in [0.1, 0.15) is 0 Å². The first-order valence-corrected chi connectivity index (χ1v) is 29.1. The minimum absolute atomic E-state index is 0.0804. The fourth-order valence-electron chi connectivity index (χ4n) is 15.6. The Balaban J connectivity index is 0.961. The van der Waals surface area contributed by atoms with Crippen molar-refractivity contribution in [2.45, 2.75) is 18.3 Å². The van der Waals surface area contributed by atoms with Crippen molar-refractivity contribution in [3.63, 3.8) is 0 Å². The third-order valence-electron chi connectivity index (χ3n) is 18.9. The summed E-state index contributed by atoms with van der Waals surface area (Å²) in [7, 11) is 0. The summed E-state index contributed by atoms with van der Waals surface area (Å²) >= 11 is 0. The lowest BCUT2D eigenvalue weighted by Crippen LogP contribution is -2.61. The number of hydrogen-bond donors (Lipinski definition) is 0. The molecule has 0 radical (unpaired) electrons. The first kappa shape index (κ1) is 45.7. The molecule has 1 unspecified atom stereocenters. The molecule has 2 aliphatic carbocycles. The molecule has 0 N–H and O–H groups in total. The van der Waals surface area contributed by atoms with E-state index in [1.54, 1.807) is 0 Å². The van der Waals surface area contributed by atoms with Crippen molar-refractivity contribution in [3.8, 4) is 50.2 Å². The van der Waals surface area contributed by atoms with E-state index in [1.165, 1.54) is 158 Å². The van der Waals surface area contributed by atoms with E-state index in [4.69, 9.17) is 0 Å². The molecule has 12 aromatic carbocycles. The summed E-state index contributed by atoms with van der Waals surface area (Å²) in [5.41, 5.74) is 30.6. The van der Waals surface area contributed by atoms with Crippen LogP contribution in [0.25, 0.3) is 72.0 Å². The number of rotatable bonds is 6. The molecule has 1 aromatic heterocycles. The van der Waals surface area contributed by atoms with Crippen LogP contribution in [0.3, 0.4) is 0 Å². The van der Waals surface area contributed by atoms with Crippen LogP contribution in [0.2, 0.25) is 0 Å². The minimum atomic E-state index is -0.627. The average molecular weight is 1050 g/mol. The second-order valence-corrected chi connectivity index (χ2v) is 22.9. The first-order chi connectivity index (χ1) is 40.7. The molecule has 5 aliphatic rings. The van der Waals surface area contributed by atoms with Gasteiger partial charge in [0.05, 0.1) is 27.8 Å².